The zero-order valence-corrected chi connectivity index (χ0v) is 11.3. The molecule has 0 N–H and O–H groups in total. The van der Waals surface area contributed by atoms with Crippen LogP contribution in [0.1, 0.15) is 10.4 Å². The van der Waals surface area contributed by atoms with Gasteiger partial charge in [0.2, 0.25) is 0 Å². The van der Waals surface area contributed by atoms with Crippen molar-refractivity contribution in [1.29, 1.82) is 0 Å². The second kappa shape index (κ2) is 5.75. The number of ether oxygens (including phenoxy) is 1. The number of hydrogen-bond acceptors (Lipinski definition) is 5. The first-order valence-corrected chi connectivity index (χ1v) is 6.75. The molecule has 0 unspecified atom stereocenters. The van der Waals surface area contributed by atoms with Gasteiger partial charge in [0, 0.05) is 10.5 Å². The molecule has 0 amide bonds. The van der Waals surface area contributed by atoms with Gasteiger partial charge < -0.3 is 9.15 Å². The number of rotatable bonds is 3. The Hall–Kier alpha value is -2.01. The van der Waals surface area contributed by atoms with E-state index in [1.54, 1.807) is 12.3 Å². The summed E-state index contributed by atoms with van der Waals surface area (Å²) in [6.45, 7) is 0. The van der Waals surface area contributed by atoms with Crippen LogP contribution in [0.2, 0.25) is 0 Å². The Balaban J connectivity index is 2.61. The normalized spacial score (nSPS) is 10.2. The van der Waals surface area contributed by atoms with Crippen molar-refractivity contribution in [2.24, 2.45) is 0 Å². The van der Waals surface area contributed by atoms with Gasteiger partial charge in [-0.15, -0.1) is 11.8 Å². The number of hydrogen-bond donors (Lipinski definition) is 0. The van der Waals surface area contributed by atoms with Crippen LogP contribution in [0.15, 0.2) is 50.5 Å². The third-order valence-electron chi connectivity index (χ3n) is 2.58. The van der Waals surface area contributed by atoms with Gasteiger partial charge >= 0.3 is 11.6 Å². The molecule has 2 aromatic rings. The van der Waals surface area contributed by atoms with E-state index in [9.17, 15) is 9.59 Å². The summed E-state index contributed by atoms with van der Waals surface area (Å²) in [7, 11) is 1.23. The lowest BCUT2D eigenvalue weighted by atomic mass is 10.1. The highest BCUT2D eigenvalue weighted by atomic mass is 32.2. The Morgan fingerprint density at radius 2 is 1.95 bits per heavy atom. The molecule has 1 aromatic carbocycles. The fourth-order valence-corrected chi connectivity index (χ4v) is 2.26. The number of carbonyl (C=O) groups is 1. The molecular weight excluding hydrogens is 264 g/mol. The van der Waals surface area contributed by atoms with Crippen LogP contribution in [0.4, 0.5) is 0 Å². The van der Waals surface area contributed by atoms with Gasteiger partial charge in [0.1, 0.15) is 5.76 Å². The SMILES string of the molecule is COC(=O)c1c(SC)cc(-c2ccccc2)oc1=O. The monoisotopic (exact) mass is 276 g/mol. The molecule has 0 aliphatic rings. The minimum absolute atomic E-state index is 0.0605. The standard InChI is InChI=1S/C14H12O4S/c1-17-13(15)12-11(19-2)8-10(18-14(12)16)9-6-4-3-5-7-9/h3-8H,1-2H3. The minimum atomic E-state index is -0.683. The average molecular weight is 276 g/mol. The molecule has 0 aliphatic carbocycles. The summed E-state index contributed by atoms with van der Waals surface area (Å²) in [5, 5.41) is 0. The van der Waals surface area contributed by atoms with Crippen molar-refractivity contribution in [2.75, 3.05) is 13.4 Å². The predicted octanol–water partition coefficient (Wildman–Crippen LogP) is 2.82. The second-order valence-electron chi connectivity index (χ2n) is 3.70. The number of thioether (sulfide) groups is 1. The summed E-state index contributed by atoms with van der Waals surface area (Å²) in [5.41, 5.74) is 0.0403. The Morgan fingerprint density at radius 3 is 2.53 bits per heavy atom. The smallest absolute Gasteiger partial charge is 0.352 e. The Labute approximate surface area is 114 Å². The number of methoxy groups -OCH3 is 1. The summed E-state index contributed by atoms with van der Waals surface area (Å²) in [4.78, 5) is 24.0. The highest BCUT2D eigenvalue weighted by molar-refractivity contribution is 7.98. The van der Waals surface area contributed by atoms with E-state index in [0.29, 0.717) is 10.7 Å². The Kier molecular flexibility index (Phi) is 4.06. The van der Waals surface area contributed by atoms with Gasteiger partial charge in [0.15, 0.2) is 5.56 Å². The molecule has 98 valence electrons. The van der Waals surface area contributed by atoms with Crippen molar-refractivity contribution in [1.82, 2.24) is 0 Å². The first-order chi connectivity index (χ1) is 9.17. The van der Waals surface area contributed by atoms with E-state index in [4.69, 9.17) is 4.42 Å². The van der Waals surface area contributed by atoms with Crippen LogP contribution in [-0.4, -0.2) is 19.3 Å². The Bertz CT molecular complexity index is 646. The van der Waals surface area contributed by atoms with E-state index < -0.39 is 11.6 Å². The summed E-state index contributed by atoms with van der Waals surface area (Å²) in [6.07, 6.45) is 1.79. The number of benzene rings is 1. The highest BCUT2D eigenvalue weighted by Gasteiger charge is 2.19. The molecule has 0 saturated heterocycles. The summed E-state index contributed by atoms with van der Waals surface area (Å²) < 4.78 is 9.78. The van der Waals surface area contributed by atoms with Gasteiger partial charge in [0.05, 0.1) is 7.11 Å². The van der Waals surface area contributed by atoms with Crippen molar-refractivity contribution < 1.29 is 13.9 Å². The maximum atomic E-state index is 11.9. The topological polar surface area (TPSA) is 56.5 Å². The fraction of sp³-hybridized carbons (Fsp3) is 0.143. The van der Waals surface area contributed by atoms with Crippen LogP contribution in [-0.2, 0) is 4.74 Å². The van der Waals surface area contributed by atoms with Crippen LogP contribution in [0, 0.1) is 0 Å². The summed E-state index contributed by atoms with van der Waals surface area (Å²) in [5.74, 6) is -0.250. The van der Waals surface area contributed by atoms with Gasteiger partial charge in [-0.05, 0) is 12.3 Å². The van der Waals surface area contributed by atoms with Gasteiger partial charge in [0.25, 0.3) is 0 Å². The quantitative estimate of drug-likeness (QED) is 0.637. The molecule has 4 nitrogen and oxygen atoms in total. The number of esters is 1. The molecule has 0 atom stereocenters. The molecule has 0 spiro atoms. The fourth-order valence-electron chi connectivity index (χ4n) is 1.66. The predicted molar refractivity (Wildman–Crippen MR) is 73.5 cm³/mol. The average Bonchev–Trinajstić information content (AvgIpc) is 2.46. The van der Waals surface area contributed by atoms with Crippen molar-refractivity contribution in [3.63, 3.8) is 0 Å². The van der Waals surface area contributed by atoms with Crippen LogP contribution >= 0.6 is 11.8 Å². The van der Waals surface area contributed by atoms with Crippen LogP contribution in [0.25, 0.3) is 11.3 Å². The molecule has 1 aromatic heterocycles. The third-order valence-corrected chi connectivity index (χ3v) is 3.34. The first-order valence-electron chi connectivity index (χ1n) is 5.53. The largest absolute Gasteiger partial charge is 0.465 e. The van der Waals surface area contributed by atoms with Crippen molar-refractivity contribution in [3.05, 3.63) is 52.4 Å². The van der Waals surface area contributed by atoms with Crippen molar-refractivity contribution >= 4 is 17.7 Å². The first kappa shape index (κ1) is 13.4. The summed E-state index contributed by atoms with van der Waals surface area (Å²) >= 11 is 1.30. The van der Waals surface area contributed by atoms with E-state index in [1.165, 1.54) is 18.9 Å². The van der Waals surface area contributed by atoms with E-state index in [0.717, 1.165) is 5.56 Å². The molecule has 0 saturated carbocycles. The van der Waals surface area contributed by atoms with Gasteiger partial charge in [-0.2, -0.15) is 0 Å². The van der Waals surface area contributed by atoms with Crippen LogP contribution in [0.5, 0.6) is 0 Å². The highest BCUT2D eigenvalue weighted by Crippen LogP contribution is 2.25. The lowest BCUT2D eigenvalue weighted by Crippen LogP contribution is -2.17. The Morgan fingerprint density at radius 1 is 1.26 bits per heavy atom. The van der Waals surface area contributed by atoms with E-state index in [2.05, 4.69) is 4.74 Å². The number of carbonyl (C=O) groups excluding carboxylic acids is 1. The summed E-state index contributed by atoms with van der Waals surface area (Å²) in [6, 6.07) is 10.9. The van der Waals surface area contributed by atoms with Crippen LogP contribution < -0.4 is 5.63 Å². The van der Waals surface area contributed by atoms with Crippen LogP contribution in [0.3, 0.4) is 0 Å². The molecule has 0 fully saturated rings. The molecule has 1 heterocycles. The lowest BCUT2D eigenvalue weighted by Gasteiger charge is -2.06. The molecule has 0 aliphatic heterocycles. The van der Waals surface area contributed by atoms with Crippen molar-refractivity contribution in [2.45, 2.75) is 4.90 Å². The molecule has 19 heavy (non-hydrogen) atoms. The third kappa shape index (κ3) is 2.71. The zero-order valence-electron chi connectivity index (χ0n) is 10.5. The van der Waals surface area contributed by atoms with E-state index >= 15 is 0 Å². The van der Waals surface area contributed by atoms with Gasteiger partial charge in [-0.3, -0.25) is 0 Å². The van der Waals surface area contributed by atoms with E-state index in [1.807, 2.05) is 30.3 Å². The minimum Gasteiger partial charge on any atom is -0.465 e. The molecule has 0 bridgehead atoms. The molecular formula is C14H12O4S. The maximum Gasteiger partial charge on any atom is 0.352 e. The molecule has 2 rings (SSSR count). The lowest BCUT2D eigenvalue weighted by molar-refractivity contribution is 0.0591. The van der Waals surface area contributed by atoms with E-state index in [-0.39, 0.29) is 5.56 Å². The zero-order chi connectivity index (χ0) is 13.8. The van der Waals surface area contributed by atoms with Gasteiger partial charge in [-0.1, -0.05) is 30.3 Å². The van der Waals surface area contributed by atoms with Crippen molar-refractivity contribution in [3.8, 4) is 11.3 Å². The van der Waals surface area contributed by atoms with Gasteiger partial charge in [-0.25, -0.2) is 9.59 Å². The maximum absolute atomic E-state index is 11.9. The molecule has 5 heteroatoms. The second-order valence-corrected chi connectivity index (χ2v) is 4.55. The molecule has 0 radical (unpaired) electrons.